The predicted molar refractivity (Wildman–Crippen MR) is 126 cm³/mol. The monoisotopic (exact) mass is 439 g/mol. The fourth-order valence-corrected chi connectivity index (χ4v) is 3.71. The number of aromatic carboxylic acids is 1. The molecule has 0 aliphatic rings. The maximum absolute atomic E-state index is 12.8. The van der Waals surface area contributed by atoms with Crippen molar-refractivity contribution in [3.8, 4) is 11.1 Å². The van der Waals surface area contributed by atoms with Gasteiger partial charge in [-0.3, -0.25) is 4.79 Å². The average molecular weight is 440 g/mol. The van der Waals surface area contributed by atoms with Crippen LogP contribution in [0.3, 0.4) is 0 Å². The maximum atomic E-state index is 12.8. The van der Waals surface area contributed by atoms with Crippen LogP contribution in [-0.4, -0.2) is 31.6 Å². The first kappa shape index (κ1) is 22.1. The molecule has 0 fully saturated rings. The molecule has 6 heteroatoms. The molecule has 0 aliphatic carbocycles. The molecule has 3 aromatic carbocycles. The highest BCUT2D eigenvalue weighted by Gasteiger charge is 2.18. The lowest BCUT2D eigenvalue weighted by molar-refractivity contribution is 0.0697. The Kier molecular flexibility index (Phi) is 6.74. The van der Waals surface area contributed by atoms with Crippen molar-refractivity contribution in [3.63, 3.8) is 0 Å². The van der Waals surface area contributed by atoms with Gasteiger partial charge in [0.15, 0.2) is 0 Å². The number of carbonyl (C=O) groups is 2. The van der Waals surface area contributed by atoms with Gasteiger partial charge in [0.2, 0.25) is 11.6 Å². The van der Waals surface area contributed by atoms with Crippen molar-refractivity contribution in [1.29, 1.82) is 0 Å². The van der Waals surface area contributed by atoms with E-state index in [2.05, 4.69) is 17.0 Å². The molecule has 0 radical (unpaired) electrons. The summed E-state index contributed by atoms with van der Waals surface area (Å²) in [5.41, 5.74) is 3.37. The topological polar surface area (TPSA) is 85.1 Å². The summed E-state index contributed by atoms with van der Waals surface area (Å²) >= 11 is 0. The second-order valence-electron chi connectivity index (χ2n) is 7.85. The highest BCUT2D eigenvalue weighted by Crippen LogP contribution is 2.25. The molecule has 0 bridgehead atoms. The zero-order valence-corrected chi connectivity index (χ0v) is 18.4. The number of hydrogen-bond donors (Lipinski definition) is 1. The van der Waals surface area contributed by atoms with Crippen LogP contribution < -0.4 is 0 Å². The number of ketones is 1. The van der Waals surface area contributed by atoms with Crippen molar-refractivity contribution in [1.82, 2.24) is 14.8 Å². The van der Waals surface area contributed by atoms with Gasteiger partial charge in [-0.2, -0.15) is 0 Å². The van der Waals surface area contributed by atoms with E-state index < -0.39 is 5.97 Å². The second-order valence-corrected chi connectivity index (χ2v) is 7.85. The Hall–Kier alpha value is -4.06. The van der Waals surface area contributed by atoms with Crippen molar-refractivity contribution in [2.75, 3.05) is 0 Å². The van der Waals surface area contributed by atoms with Gasteiger partial charge in [0.1, 0.15) is 5.82 Å². The van der Waals surface area contributed by atoms with Crippen LogP contribution in [0.15, 0.2) is 78.9 Å². The number of hydrogen-bond acceptors (Lipinski definition) is 4. The second kappa shape index (κ2) is 10.0. The lowest BCUT2D eigenvalue weighted by atomic mass is 9.98. The van der Waals surface area contributed by atoms with Crippen LogP contribution in [-0.2, 0) is 13.0 Å². The number of carbonyl (C=O) groups excluding carboxylic acids is 1. The van der Waals surface area contributed by atoms with Gasteiger partial charge in [0.25, 0.3) is 0 Å². The number of carboxylic acid groups (broad SMARTS) is 1. The molecular formula is C27H25N3O3. The van der Waals surface area contributed by atoms with Crippen molar-refractivity contribution in [3.05, 3.63) is 107 Å². The Labute approximate surface area is 192 Å². The number of carboxylic acids is 1. The van der Waals surface area contributed by atoms with Gasteiger partial charge in [-0.15, -0.1) is 5.10 Å². The number of unbranched alkanes of at least 4 members (excludes halogenated alkanes) is 1. The SMILES string of the molecule is CCCCn1nc(C(=O)c2ccccc2)nc1Cc1ccc(-c2ccccc2C(=O)O)cc1. The summed E-state index contributed by atoms with van der Waals surface area (Å²) in [4.78, 5) is 29.0. The van der Waals surface area contributed by atoms with Crippen molar-refractivity contribution >= 4 is 11.8 Å². The van der Waals surface area contributed by atoms with E-state index in [4.69, 9.17) is 0 Å². The van der Waals surface area contributed by atoms with E-state index >= 15 is 0 Å². The Morgan fingerprint density at radius 2 is 1.61 bits per heavy atom. The minimum absolute atomic E-state index is 0.187. The summed E-state index contributed by atoms with van der Waals surface area (Å²) in [6.07, 6.45) is 2.48. The lowest BCUT2D eigenvalue weighted by Gasteiger charge is -2.08. The largest absolute Gasteiger partial charge is 0.478 e. The van der Waals surface area contributed by atoms with Crippen LogP contribution in [0.5, 0.6) is 0 Å². The molecule has 0 atom stereocenters. The Balaban J connectivity index is 1.60. The Morgan fingerprint density at radius 3 is 2.30 bits per heavy atom. The summed E-state index contributed by atoms with van der Waals surface area (Å²) in [5, 5.41) is 14.0. The first-order valence-corrected chi connectivity index (χ1v) is 11.0. The fourth-order valence-electron chi connectivity index (χ4n) is 3.71. The van der Waals surface area contributed by atoms with Gasteiger partial charge in [-0.1, -0.05) is 86.1 Å². The van der Waals surface area contributed by atoms with Gasteiger partial charge in [0.05, 0.1) is 5.56 Å². The summed E-state index contributed by atoms with van der Waals surface area (Å²) in [6.45, 7) is 2.81. The maximum Gasteiger partial charge on any atom is 0.336 e. The standard InChI is InChI=1S/C27H25N3O3/c1-2-3-17-30-24(28-26(29-30)25(31)21-9-5-4-6-10-21)18-19-13-15-20(16-14-19)22-11-7-8-12-23(22)27(32)33/h4-16H,2-3,17-18H2,1H3,(H,32,33). The molecule has 0 aliphatic heterocycles. The van der Waals surface area contributed by atoms with E-state index in [1.807, 2.05) is 53.2 Å². The van der Waals surface area contributed by atoms with Crippen LogP contribution in [0.2, 0.25) is 0 Å². The van der Waals surface area contributed by atoms with Gasteiger partial charge in [-0.25, -0.2) is 14.5 Å². The molecule has 0 saturated carbocycles. The van der Waals surface area contributed by atoms with Crippen LogP contribution in [0.25, 0.3) is 11.1 Å². The molecule has 33 heavy (non-hydrogen) atoms. The molecule has 4 rings (SSSR count). The van der Waals surface area contributed by atoms with Crippen molar-refractivity contribution in [2.24, 2.45) is 0 Å². The van der Waals surface area contributed by atoms with Gasteiger partial charge >= 0.3 is 5.97 Å². The lowest BCUT2D eigenvalue weighted by Crippen LogP contribution is -2.07. The van der Waals surface area contributed by atoms with Crippen LogP contribution in [0.4, 0.5) is 0 Å². The van der Waals surface area contributed by atoms with E-state index in [1.165, 1.54) is 0 Å². The highest BCUT2D eigenvalue weighted by molar-refractivity contribution is 6.06. The van der Waals surface area contributed by atoms with Crippen LogP contribution in [0.1, 0.15) is 57.7 Å². The molecular weight excluding hydrogens is 414 g/mol. The molecule has 1 aromatic heterocycles. The Bertz CT molecular complexity index is 1260. The first-order chi connectivity index (χ1) is 16.1. The minimum Gasteiger partial charge on any atom is -0.478 e. The van der Waals surface area contributed by atoms with E-state index in [-0.39, 0.29) is 17.2 Å². The number of rotatable bonds is 9. The average Bonchev–Trinajstić information content (AvgIpc) is 3.25. The number of aryl methyl sites for hydroxylation is 1. The summed E-state index contributed by atoms with van der Waals surface area (Å²) < 4.78 is 1.83. The number of nitrogens with zero attached hydrogens (tertiary/aromatic N) is 3. The zero-order valence-electron chi connectivity index (χ0n) is 18.4. The highest BCUT2D eigenvalue weighted by atomic mass is 16.4. The normalized spacial score (nSPS) is 10.8. The molecule has 0 saturated heterocycles. The quantitative estimate of drug-likeness (QED) is 0.359. The van der Waals surface area contributed by atoms with Gasteiger partial charge < -0.3 is 5.11 Å². The molecule has 0 amide bonds. The number of benzene rings is 3. The van der Waals surface area contributed by atoms with Crippen molar-refractivity contribution < 1.29 is 14.7 Å². The van der Waals surface area contributed by atoms with E-state index in [0.717, 1.165) is 29.8 Å². The van der Waals surface area contributed by atoms with Gasteiger partial charge in [0, 0.05) is 18.5 Å². The molecule has 4 aromatic rings. The van der Waals surface area contributed by atoms with Crippen molar-refractivity contribution in [2.45, 2.75) is 32.7 Å². The molecule has 0 unspecified atom stereocenters. The van der Waals surface area contributed by atoms with E-state index in [9.17, 15) is 14.7 Å². The van der Waals surface area contributed by atoms with Crippen LogP contribution in [0, 0.1) is 0 Å². The number of aromatic nitrogens is 3. The molecule has 0 spiro atoms. The summed E-state index contributed by atoms with van der Waals surface area (Å²) in [5.74, 6) is -0.192. The zero-order chi connectivity index (χ0) is 23.2. The van der Waals surface area contributed by atoms with Gasteiger partial charge in [-0.05, 0) is 29.2 Å². The Morgan fingerprint density at radius 1 is 0.909 bits per heavy atom. The third-order valence-corrected chi connectivity index (χ3v) is 5.50. The smallest absolute Gasteiger partial charge is 0.336 e. The third-order valence-electron chi connectivity index (χ3n) is 5.50. The third kappa shape index (κ3) is 5.06. The fraction of sp³-hybridized carbons (Fsp3) is 0.185. The summed E-state index contributed by atoms with van der Waals surface area (Å²) in [6, 6.07) is 23.8. The molecule has 166 valence electrons. The molecule has 1 heterocycles. The molecule has 1 N–H and O–H groups in total. The van der Waals surface area contributed by atoms with E-state index in [0.29, 0.717) is 24.1 Å². The van der Waals surface area contributed by atoms with Crippen LogP contribution >= 0.6 is 0 Å². The predicted octanol–water partition coefficient (Wildman–Crippen LogP) is 5.27. The summed E-state index contributed by atoms with van der Waals surface area (Å²) in [7, 11) is 0. The molecule has 6 nitrogen and oxygen atoms in total. The first-order valence-electron chi connectivity index (χ1n) is 11.0. The van der Waals surface area contributed by atoms with E-state index in [1.54, 1.807) is 30.3 Å². The minimum atomic E-state index is -0.950.